The van der Waals surface area contributed by atoms with E-state index in [2.05, 4.69) is 17.4 Å². The summed E-state index contributed by atoms with van der Waals surface area (Å²) in [6.45, 7) is 3.76. The first-order chi connectivity index (χ1) is 10.4. The number of rotatable bonds is 4. The third-order valence-corrected chi connectivity index (χ3v) is 3.36. The Balaban J connectivity index is 2.06. The van der Waals surface area contributed by atoms with E-state index in [0.717, 1.165) is 6.07 Å². The zero-order valence-electron chi connectivity index (χ0n) is 11.2. The van der Waals surface area contributed by atoms with Crippen LogP contribution in [0.25, 0.3) is 5.70 Å². The molecule has 0 aliphatic rings. The highest BCUT2D eigenvalue weighted by Crippen LogP contribution is 2.25. The van der Waals surface area contributed by atoms with Gasteiger partial charge in [0, 0.05) is 16.7 Å². The normalized spacial score (nSPS) is 10.1. The molecule has 0 radical (unpaired) electrons. The van der Waals surface area contributed by atoms with Gasteiger partial charge in [-0.25, -0.2) is 0 Å². The summed E-state index contributed by atoms with van der Waals surface area (Å²) in [5.41, 5.74) is 5.91. The van der Waals surface area contributed by atoms with Crippen molar-refractivity contribution in [3.8, 4) is 11.5 Å². The zero-order valence-corrected chi connectivity index (χ0v) is 12.7. The van der Waals surface area contributed by atoms with Gasteiger partial charge in [0.1, 0.15) is 11.5 Å². The third-order valence-electron chi connectivity index (χ3n) is 2.81. The minimum atomic E-state index is -0.594. The van der Waals surface area contributed by atoms with E-state index < -0.39 is 5.91 Å². The minimum absolute atomic E-state index is 0.000281. The number of carbonyl (C=O) groups is 1. The molecule has 2 rings (SSSR count). The van der Waals surface area contributed by atoms with Crippen molar-refractivity contribution in [3.05, 3.63) is 64.1 Å². The van der Waals surface area contributed by atoms with E-state index >= 15 is 0 Å². The van der Waals surface area contributed by atoms with Crippen molar-refractivity contribution in [2.24, 2.45) is 0 Å². The molecule has 0 heterocycles. The zero-order chi connectivity index (χ0) is 16.3. The highest BCUT2D eigenvalue weighted by molar-refractivity contribution is 6.35. The Morgan fingerprint density at radius 1 is 1.00 bits per heavy atom. The predicted octanol–water partition coefficient (Wildman–Crippen LogP) is 3.31. The van der Waals surface area contributed by atoms with Gasteiger partial charge in [0.25, 0.3) is 5.91 Å². The maximum absolute atomic E-state index is 11.9. The first-order valence-corrected chi connectivity index (χ1v) is 6.86. The van der Waals surface area contributed by atoms with Crippen molar-refractivity contribution in [1.82, 2.24) is 10.9 Å². The molecular formula is C15H12Cl2N2O3. The summed E-state index contributed by atoms with van der Waals surface area (Å²) in [6, 6.07) is 8.51. The molecule has 4 N–H and O–H groups in total. The summed E-state index contributed by atoms with van der Waals surface area (Å²) in [7, 11) is 0. The Hall–Kier alpha value is -2.37. The van der Waals surface area contributed by atoms with Crippen LogP contribution in [0.1, 0.15) is 15.9 Å². The highest BCUT2D eigenvalue weighted by atomic mass is 35.5. The second-order valence-electron chi connectivity index (χ2n) is 4.38. The number of phenolic OH excluding ortho intramolecular Hbond substituents is 2. The number of benzene rings is 2. The number of hydrogen-bond donors (Lipinski definition) is 4. The van der Waals surface area contributed by atoms with Gasteiger partial charge in [-0.05, 0) is 30.3 Å². The molecule has 2 aromatic rings. The molecule has 1 amide bonds. The summed E-state index contributed by atoms with van der Waals surface area (Å²) < 4.78 is 0. The van der Waals surface area contributed by atoms with Crippen LogP contribution in [0.4, 0.5) is 0 Å². The van der Waals surface area contributed by atoms with Crippen molar-refractivity contribution >= 4 is 34.8 Å². The van der Waals surface area contributed by atoms with Crippen LogP contribution >= 0.6 is 23.2 Å². The molecule has 7 heteroatoms. The van der Waals surface area contributed by atoms with Gasteiger partial charge in [0.15, 0.2) is 0 Å². The highest BCUT2D eigenvalue weighted by Gasteiger charge is 2.12. The maximum Gasteiger partial charge on any atom is 0.273 e. The van der Waals surface area contributed by atoms with Crippen molar-refractivity contribution in [2.75, 3.05) is 0 Å². The Morgan fingerprint density at radius 3 is 2.32 bits per heavy atom. The monoisotopic (exact) mass is 338 g/mol. The largest absolute Gasteiger partial charge is 0.508 e. The number of nitrogens with one attached hydrogen (secondary N) is 2. The van der Waals surface area contributed by atoms with E-state index in [4.69, 9.17) is 23.2 Å². The van der Waals surface area contributed by atoms with Gasteiger partial charge < -0.3 is 10.2 Å². The molecule has 0 saturated carbocycles. The first kappa shape index (κ1) is 16.0. The van der Waals surface area contributed by atoms with E-state index in [1.54, 1.807) is 18.2 Å². The SMILES string of the molecule is C=C(NNC(=O)c1ccc(O)cc1O)c1ccc(Cl)cc1Cl. The molecule has 0 atom stereocenters. The maximum atomic E-state index is 11.9. The predicted molar refractivity (Wildman–Crippen MR) is 85.9 cm³/mol. The lowest BCUT2D eigenvalue weighted by molar-refractivity contribution is 0.0940. The van der Waals surface area contributed by atoms with Crippen molar-refractivity contribution < 1.29 is 15.0 Å². The Kier molecular flexibility index (Phi) is 4.80. The van der Waals surface area contributed by atoms with Gasteiger partial charge in [-0.15, -0.1) is 0 Å². The van der Waals surface area contributed by atoms with Crippen LogP contribution in [0.3, 0.4) is 0 Å². The van der Waals surface area contributed by atoms with Crippen molar-refractivity contribution in [2.45, 2.75) is 0 Å². The number of hydrogen-bond acceptors (Lipinski definition) is 4. The molecule has 0 unspecified atom stereocenters. The summed E-state index contributed by atoms with van der Waals surface area (Å²) in [5, 5.41) is 19.7. The number of amides is 1. The van der Waals surface area contributed by atoms with Crippen molar-refractivity contribution in [1.29, 1.82) is 0 Å². The van der Waals surface area contributed by atoms with Crippen LogP contribution in [-0.4, -0.2) is 16.1 Å². The molecule has 0 aliphatic heterocycles. The Labute approximate surface area is 136 Å². The second-order valence-corrected chi connectivity index (χ2v) is 5.23. The summed E-state index contributed by atoms with van der Waals surface area (Å²) in [4.78, 5) is 11.9. The molecule has 0 spiro atoms. The molecule has 0 fully saturated rings. The van der Waals surface area contributed by atoms with Gasteiger partial charge in [-0.3, -0.25) is 15.6 Å². The summed E-state index contributed by atoms with van der Waals surface area (Å²) in [5.74, 6) is -1.07. The Bertz CT molecular complexity index is 684. The van der Waals surface area contributed by atoms with Crippen LogP contribution in [0.5, 0.6) is 11.5 Å². The molecule has 114 valence electrons. The average molecular weight is 339 g/mol. The molecular weight excluding hydrogens is 327 g/mol. The smallest absolute Gasteiger partial charge is 0.273 e. The van der Waals surface area contributed by atoms with Gasteiger partial charge in [0.05, 0.1) is 16.3 Å². The number of halogens is 2. The van der Waals surface area contributed by atoms with Crippen LogP contribution < -0.4 is 10.9 Å². The van der Waals surface area contributed by atoms with E-state index in [9.17, 15) is 15.0 Å². The summed E-state index contributed by atoms with van der Waals surface area (Å²) >= 11 is 11.8. The van der Waals surface area contributed by atoms with Crippen molar-refractivity contribution in [3.63, 3.8) is 0 Å². The van der Waals surface area contributed by atoms with Gasteiger partial charge in [-0.2, -0.15) is 0 Å². The first-order valence-electron chi connectivity index (χ1n) is 6.11. The van der Waals surface area contributed by atoms with E-state index in [1.165, 1.54) is 12.1 Å². The van der Waals surface area contributed by atoms with Crippen LogP contribution in [-0.2, 0) is 0 Å². The fourth-order valence-electron chi connectivity index (χ4n) is 1.71. The average Bonchev–Trinajstić information content (AvgIpc) is 2.44. The van der Waals surface area contributed by atoms with Gasteiger partial charge in [-0.1, -0.05) is 29.8 Å². The fourth-order valence-corrected chi connectivity index (χ4v) is 2.24. The molecule has 0 bridgehead atoms. The molecule has 22 heavy (non-hydrogen) atoms. The standard InChI is InChI=1S/C15H12Cl2N2O3/c1-8(11-4-2-9(16)6-13(11)17)18-19-15(22)12-5-3-10(20)7-14(12)21/h2-7,18,20-21H,1H2,(H,19,22). The van der Waals surface area contributed by atoms with Crippen LogP contribution in [0.15, 0.2) is 43.0 Å². The topological polar surface area (TPSA) is 81.6 Å². The van der Waals surface area contributed by atoms with E-state index in [1.807, 2.05) is 0 Å². The Morgan fingerprint density at radius 2 is 1.68 bits per heavy atom. The molecule has 0 aliphatic carbocycles. The molecule has 5 nitrogen and oxygen atoms in total. The van der Waals surface area contributed by atoms with Crippen LogP contribution in [0, 0.1) is 0 Å². The van der Waals surface area contributed by atoms with Gasteiger partial charge >= 0.3 is 0 Å². The minimum Gasteiger partial charge on any atom is -0.508 e. The fraction of sp³-hybridized carbons (Fsp3) is 0. The van der Waals surface area contributed by atoms with E-state index in [0.29, 0.717) is 21.3 Å². The lowest BCUT2D eigenvalue weighted by Gasteiger charge is -2.13. The lowest BCUT2D eigenvalue weighted by atomic mass is 10.1. The lowest BCUT2D eigenvalue weighted by Crippen LogP contribution is -2.35. The third kappa shape index (κ3) is 3.63. The second kappa shape index (κ2) is 6.60. The van der Waals surface area contributed by atoms with Gasteiger partial charge in [0.2, 0.25) is 0 Å². The molecule has 2 aromatic carbocycles. The van der Waals surface area contributed by atoms with Crippen LogP contribution in [0.2, 0.25) is 10.0 Å². The molecule has 0 saturated heterocycles. The van der Waals surface area contributed by atoms with E-state index in [-0.39, 0.29) is 17.1 Å². The number of phenols is 2. The number of aromatic hydroxyl groups is 2. The quantitative estimate of drug-likeness (QED) is 0.644. The number of carbonyl (C=O) groups excluding carboxylic acids is 1. The number of hydrazine groups is 1. The summed E-state index contributed by atoms with van der Waals surface area (Å²) in [6.07, 6.45) is 0. The molecule has 0 aromatic heterocycles.